The molecule has 8 heteroatoms. The van der Waals surface area contributed by atoms with Crippen molar-refractivity contribution in [3.8, 4) is 0 Å². The SMILES string of the molecule is CC1C(C(=O)O)=CC=C(CN(CCc2ccccc2)C(=O)OC(C)(C)C)C1[N+](=O)[O-]. The molecule has 1 aliphatic rings. The van der Waals surface area contributed by atoms with Crippen molar-refractivity contribution >= 4 is 12.1 Å². The minimum atomic E-state index is -1.22. The van der Waals surface area contributed by atoms with Crippen LogP contribution in [0.5, 0.6) is 0 Å². The molecule has 0 bridgehead atoms. The molecule has 162 valence electrons. The highest BCUT2D eigenvalue weighted by atomic mass is 16.6. The van der Waals surface area contributed by atoms with Crippen LogP contribution in [0.3, 0.4) is 0 Å². The van der Waals surface area contributed by atoms with E-state index in [4.69, 9.17) is 4.74 Å². The number of carbonyl (C=O) groups is 2. The molecule has 0 saturated heterocycles. The monoisotopic (exact) mass is 416 g/mol. The van der Waals surface area contributed by atoms with Crippen LogP contribution in [0, 0.1) is 16.0 Å². The summed E-state index contributed by atoms with van der Waals surface area (Å²) in [5, 5.41) is 21.0. The second-order valence-corrected chi connectivity index (χ2v) is 8.33. The highest BCUT2D eigenvalue weighted by Gasteiger charge is 2.40. The van der Waals surface area contributed by atoms with E-state index in [2.05, 4.69) is 0 Å². The van der Waals surface area contributed by atoms with E-state index < -0.39 is 34.5 Å². The van der Waals surface area contributed by atoms with Crippen LogP contribution in [-0.4, -0.2) is 51.7 Å². The first kappa shape index (κ1) is 23.1. The molecule has 30 heavy (non-hydrogen) atoms. The molecule has 1 aromatic carbocycles. The first-order valence-corrected chi connectivity index (χ1v) is 9.79. The van der Waals surface area contributed by atoms with Crippen molar-refractivity contribution < 1.29 is 24.4 Å². The Morgan fingerprint density at radius 3 is 2.37 bits per heavy atom. The van der Waals surface area contributed by atoms with Gasteiger partial charge in [-0.25, -0.2) is 9.59 Å². The lowest BCUT2D eigenvalue weighted by atomic mass is 9.83. The maximum atomic E-state index is 12.8. The Labute approximate surface area is 176 Å². The van der Waals surface area contributed by atoms with Crippen LogP contribution < -0.4 is 0 Å². The number of benzene rings is 1. The van der Waals surface area contributed by atoms with E-state index in [0.29, 0.717) is 18.5 Å². The summed E-state index contributed by atoms with van der Waals surface area (Å²) in [6.45, 7) is 7.08. The Morgan fingerprint density at radius 2 is 1.83 bits per heavy atom. The number of aliphatic carboxylic acids is 1. The third kappa shape index (κ3) is 6.17. The van der Waals surface area contributed by atoms with Crippen LogP contribution in [0.1, 0.15) is 33.3 Å². The van der Waals surface area contributed by atoms with Crippen LogP contribution in [0.4, 0.5) is 4.79 Å². The predicted molar refractivity (Wildman–Crippen MR) is 112 cm³/mol. The van der Waals surface area contributed by atoms with Crippen molar-refractivity contribution in [2.75, 3.05) is 13.1 Å². The normalized spacial score (nSPS) is 18.8. The quantitative estimate of drug-likeness (QED) is 0.536. The lowest BCUT2D eigenvalue weighted by Gasteiger charge is -2.30. The van der Waals surface area contributed by atoms with Gasteiger partial charge in [-0.2, -0.15) is 0 Å². The van der Waals surface area contributed by atoms with Gasteiger partial charge in [-0.15, -0.1) is 0 Å². The Kier molecular flexibility index (Phi) is 7.37. The van der Waals surface area contributed by atoms with E-state index >= 15 is 0 Å². The molecule has 0 radical (unpaired) electrons. The zero-order valence-corrected chi connectivity index (χ0v) is 17.7. The summed E-state index contributed by atoms with van der Waals surface area (Å²) in [5.41, 5.74) is 0.663. The van der Waals surface area contributed by atoms with Gasteiger partial charge in [0.25, 0.3) is 0 Å². The summed E-state index contributed by atoms with van der Waals surface area (Å²) in [7, 11) is 0. The van der Waals surface area contributed by atoms with E-state index in [0.717, 1.165) is 5.56 Å². The number of allylic oxidation sites excluding steroid dienone is 2. The summed E-state index contributed by atoms with van der Waals surface area (Å²) in [5.74, 6) is -2.00. The minimum Gasteiger partial charge on any atom is -0.478 e. The second kappa shape index (κ2) is 9.56. The van der Waals surface area contributed by atoms with Crippen LogP contribution in [0.15, 0.2) is 53.6 Å². The van der Waals surface area contributed by atoms with Gasteiger partial charge in [-0.1, -0.05) is 49.4 Å². The molecule has 0 heterocycles. The number of ether oxygens (including phenoxy) is 1. The third-order valence-electron chi connectivity index (χ3n) is 4.83. The fourth-order valence-electron chi connectivity index (χ4n) is 3.36. The maximum Gasteiger partial charge on any atom is 0.410 e. The molecule has 0 fully saturated rings. The molecule has 0 saturated carbocycles. The van der Waals surface area contributed by atoms with Gasteiger partial charge in [0.05, 0.1) is 12.5 Å². The summed E-state index contributed by atoms with van der Waals surface area (Å²) >= 11 is 0. The number of carboxylic acids is 1. The van der Waals surface area contributed by atoms with Crippen molar-refractivity contribution in [2.45, 2.75) is 45.8 Å². The fraction of sp³-hybridized carbons (Fsp3) is 0.455. The molecule has 1 aliphatic carbocycles. The maximum absolute atomic E-state index is 12.8. The molecule has 2 unspecified atom stereocenters. The molecular weight excluding hydrogens is 388 g/mol. The van der Waals surface area contributed by atoms with E-state index in [1.807, 2.05) is 30.3 Å². The Balaban J connectivity index is 2.29. The van der Waals surface area contributed by atoms with Gasteiger partial charge in [0, 0.05) is 22.6 Å². The summed E-state index contributed by atoms with van der Waals surface area (Å²) in [6.07, 6.45) is 2.81. The molecule has 2 atom stereocenters. The summed E-state index contributed by atoms with van der Waals surface area (Å²) in [4.78, 5) is 36.8. The highest BCUT2D eigenvalue weighted by molar-refractivity contribution is 5.88. The van der Waals surface area contributed by atoms with Gasteiger partial charge in [-0.3, -0.25) is 10.1 Å². The lowest BCUT2D eigenvalue weighted by Crippen LogP contribution is -2.43. The smallest absolute Gasteiger partial charge is 0.410 e. The van der Waals surface area contributed by atoms with Crippen LogP contribution in [0.25, 0.3) is 0 Å². The van der Waals surface area contributed by atoms with Gasteiger partial charge < -0.3 is 14.7 Å². The Bertz CT molecular complexity index is 854. The largest absolute Gasteiger partial charge is 0.478 e. The van der Waals surface area contributed by atoms with Crippen molar-refractivity contribution in [3.63, 3.8) is 0 Å². The second-order valence-electron chi connectivity index (χ2n) is 8.33. The average Bonchev–Trinajstić information content (AvgIpc) is 2.63. The molecule has 1 amide bonds. The molecule has 2 rings (SSSR count). The van der Waals surface area contributed by atoms with Gasteiger partial charge in [0.2, 0.25) is 6.04 Å². The van der Waals surface area contributed by atoms with E-state index in [1.54, 1.807) is 20.8 Å². The van der Waals surface area contributed by atoms with Gasteiger partial charge in [0.1, 0.15) is 5.60 Å². The molecule has 1 N–H and O–H groups in total. The summed E-state index contributed by atoms with van der Waals surface area (Å²) in [6, 6.07) is 8.37. The zero-order chi connectivity index (χ0) is 22.5. The Morgan fingerprint density at radius 1 is 1.20 bits per heavy atom. The van der Waals surface area contributed by atoms with Crippen LogP contribution in [0.2, 0.25) is 0 Å². The van der Waals surface area contributed by atoms with Crippen LogP contribution in [-0.2, 0) is 16.0 Å². The number of rotatable bonds is 7. The van der Waals surface area contributed by atoms with Gasteiger partial charge in [0.15, 0.2) is 0 Å². The number of hydrogen-bond acceptors (Lipinski definition) is 5. The van der Waals surface area contributed by atoms with Crippen molar-refractivity contribution in [3.05, 3.63) is 69.3 Å². The van der Waals surface area contributed by atoms with E-state index in [9.17, 15) is 24.8 Å². The topological polar surface area (TPSA) is 110 Å². The lowest BCUT2D eigenvalue weighted by molar-refractivity contribution is -0.519. The first-order valence-electron chi connectivity index (χ1n) is 9.79. The number of nitro groups is 1. The zero-order valence-electron chi connectivity index (χ0n) is 17.7. The van der Waals surface area contributed by atoms with Crippen molar-refractivity contribution in [1.29, 1.82) is 0 Å². The molecule has 8 nitrogen and oxygen atoms in total. The number of carboxylic acid groups (broad SMARTS) is 1. The molecule has 1 aromatic rings. The average molecular weight is 416 g/mol. The predicted octanol–water partition coefficient (Wildman–Crippen LogP) is 3.70. The van der Waals surface area contributed by atoms with Crippen LogP contribution >= 0.6 is 0 Å². The fourth-order valence-corrected chi connectivity index (χ4v) is 3.36. The number of amides is 1. The molecule has 0 aliphatic heterocycles. The van der Waals surface area contributed by atoms with E-state index in [1.165, 1.54) is 24.0 Å². The molecular formula is C22H28N2O6. The number of carbonyl (C=O) groups excluding carboxylic acids is 1. The summed E-state index contributed by atoms with van der Waals surface area (Å²) < 4.78 is 5.49. The van der Waals surface area contributed by atoms with E-state index in [-0.39, 0.29) is 12.1 Å². The van der Waals surface area contributed by atoms with Gasteiger partial charge >= 0.3 is 12.1 Å². The van der Waals surface area contributed by atoms with Crippen molar-refractivity contribution in [1.82, 2.24) is 4.90 Å². The standard InChI is InChI=1S/C22H28N2O6/c1-15-18(20(25)26)11-10-17(19(15)24(28)29)14-23(21(27)30-22(2,3)4)13-12-16-8-6-5-7-9-16/h5-11,15,19H,12-14H2,1-4H3,(H,25,26). The molecule has 0 aromatic heterocycles. The Hall–Kier alpha value is -3.16. The third-order valence-corrected chi connectivity index (χ3v) is 4.83. The number of nitrogens with zero attached hydrogens (tertiary/aromatic N) is 2. The number of hydrogen-bond donors (Lipinski definition) is 1. The highest BCUT2D eigenvalue weighted by Crippen LogP contribution is 2.29. The first-order chi connectivity index (χ1) is 14.0. The molecule has 0 spiro atoms. The minimum absolute atomic E-state index is 0.0128. The van der Waals surface area contributed by atoms with Crippen molar-refractivity contribution in [2.24, 2.45) is 5.92 Å². The van der Waals surface area contributed by atoms with Gasteiger partial charge in [-0.05, 0) is 32.8 Å².